The van der Waals surface area contributed by atoms with Crippen LogP contribution in [0.4, 0.5) is 0 Å². The third kappa shape index (κ3) is 3.61. The van der Waals surface area contributed by atoms with Crippen LogP contribution in [0.25, 0.3) is 17.3 Å². The number of hydrogen-bond acceptors (Lipinski definition) is 6. The van der Waals surface area contributed by atoms with Crippen LogP contribution in [0.2, 0.25) is 0 Å². The number of hydrogen-bond donors (Lipinski definition) is 1. The van der Waals surface area contributed by atoms with Crippen molar-refractivity contribution in [2.75, 3.05) is 21.3 Å². The minimum absolute atomic E-state index is 0.0398. The molecule has 0 bridgehead atoms. The fourth-order valence-corrected chi connectivity index (χ4v) is 3.86. The number of carboxylic acid groups (broad SMARTS) is 1. The molecule has 0 saturated carbocycles. The molecule has 1 aliphatic carbocycles. The topological polar surface area (TPSA) is 99.4 Å². The molecule has 0 atom stereocenters. The first-order chi connectivity index (χ1) is 15.0. The zero-order chi connectivity index (χ0) is 22.1. The third-order valence-electron chi connectivity index (χ3n) is 5.41. The van der Waals surface area contributed by atoms with Crippen LogP contribution in [-0.2, 0) is 6.42 Å². The van der Waals surface area contributed by atoms with Crippen molar-refractivity contribution in [3.8, 4) is 17.2 Å². The number of carboxylic acids is 1. The Balaban J connectivity index is 1.90. The van der Waals surface area contributed by atoms with Crippen molar-refractivity contribution >= 4 is 23.3 Å². The van der Waals surface area contributed by atoms with Gasteiger partial charge in [-0.25, -0.2) is 9.78 Å². The maximum Gasteiger partial charge on any atom is 0.337 e. The van der Waals surface area contributed by atoms with Crippen molar-refractivity contribution in [2.24, 2.45) is 0 Å². The first kappa shape index (κ1) is 20.5. The molecule has 0 spiro atoms. The molecule has 0 fully saturated rings. The summed E-state index contributed by atoms with van der Waals surface area (Å²) in [5.74, 6) is 0.648. The molecule has 3 aromatic rings. The van der Waals surface area contributed by atoms with E-state index in [1.165, 1.54) is 16.7 Å². The van der Waals surface area contributed by atoms with E-state index < -0.39 is 5.97 Å². The van der Waals surface area contributed by atoms with Crippen LogP contribution in [0.15, 0.2) is 35.3 Å². The highest BCUT2D eigenvalue weighted by molar-refractivity contribution is 5.88. The summed E-state index contributed by atoms with van der Waals surface area (Å²) in [4.78, 5) is 29.1. The number of nitrogens with zero attached hydrogens (tertiary/aromatic N) is 2. The molecule has 160 valence electrons. The number of ether oxygens (including phenoxy) is 3. The van der Waals surface area contributed by atoms with Crippen molar-refractivity contribution in [1.82, 2.24) is 9.38 Å². The average molecular weight is 422 g/mol. The maximum absolute atomic E-state index is 13.1. The van der Waals surface area contributed by atoms with Gasteiger partial charge in [0.25, 0.3) is 5.56 Å². The van der Waals surface area contributed by atoms with Gasteiger partial charge in [-0.3, -0.25) is 9.20 Å². The van der Waals surface area contributed by atoms with Crippen LogP contribution in [0.3, 0.4) is 0 Å². The zero-order valence-electron chi connectivity index (χ0n) is 17.5. The Bertz CT molecular complexity index is 1280. The number of carbonyl (C=O) groups is 1. The molecule has 0 saturated heterocycles. The molecule has 2 heterocycles. The summed E-state index contributed by atoms with van der Waals surface area (Å²) in [6, 6.07) is 6.57. The van der Waals surface area contributed by atoms with Gasteiger partial charge in [-0.05, 0) is 49.1 Å². The van der Waals surface area contributed by atoms with Crippen LogP contribution in [0.5, 0.6) is 17.2 Å². The molecule has 0 amide bonds. The maximum atomic E-state index is 13.1. The van der Waals surface area contributed by atoms with Gasteiger partial charge in [0.05, 0.1) is 32.6 Å². The first-order valence-electron chi connectivity index (χ1n) is 9.76. The Kier molecular flexibility index (Phi) is 5.37. The number of allylic oxidation sites excluding steroid dienone is 1. The number of fused-ring (bicyclic) bond motifs is 2. The third-order valence-corrected chi connectivity index (χ3v) is 5.41. The van der Waals surface area contributed by atoms with Crippen molar-refractivity contribution in [1.29, 1.82) is 0 Å². The standard InChI is InChI=1S/C23H22N2O6/c1-29-17-11-19(31-3)18(30-2)10-15(17)9-13-5-4-6-16-21(13)24-20-8-7-14(23(27)28)12-25(20)22(16)26/h7-12H,4-6H2,1-3H3,(H,27,28)/b13-9-. The lowest BCUT2D eigenvalue weighted by Gasteiger charge is -2.19. The predicted octanol–water partition coefficient (Wildman–Crippen LogP) is 3.30. The van der Waals surface area contributed by atoms with E-state index in [1.54, 1.807) is 33.5 Å². The number of pyridine rings is 1. The van der Waals surface area contributed by atoms with E-state index in [-0.39, 0.29) is 11.1 Å². The summed E-state index contributed by atoms with van der Waals surface area (Å²) in [5, 5.41) is 9.23. The molecule has 0 unspecified atom stereocenters. The molecule has 4 rings (SSSR count). The van der Waals surface area contributed by atoms with Crippen molar-refractivity contribution < 1.29 is 24.1 Å². The largest absolute Gasteiger partial charge is 0.496 e. The summed E-state index contributed by atoms with van der Waals surface area (Å²) in [6.45, 7) is 0. The van der Waals surface area contributed by atoms with E-state index in [9.17, 15) is 14.7 Å². The van der Waals surface area contributed by atoms with Gasteiger partial charge in [-0.15, -0.1) is 0 Å². The van der Waals surface area contributed by atoms with E-state index >= 15 is 0 Å². The lowest BCUT2D eigenvalue weighted by molar-refractivity contribution is 0.0696. The lowest BCUT2D eigenvalue weighted by atomic mass is 9.90. The first-order valence-corrected chi connectivity index (χ1v) is 9.76. The molecule has 31 heavy (non-hydrogen) atoms. The summed E-state index contributed by atoms with van der Waals surface area (Å²) < 4.78 is 17.6. The van der Waals surface area contributed by atoms with Gasteiger partial charge in [0.15, 0.2) is 11.5 Å². The molecule has 1 aliphatic rings. The van der Waals surface area contributed by atoms with Gasteiger partial charge in [0, 0.05) is 23.4 Å². The highest BCUT2D eigenvalue weighted by atomic mass is 16.5. The Labute approximate surface area is 178 Å². The Morgan fingerprint density at radius 3 is 2.45 bits per heavy atom. The minimum atomic E-state index is -1.09. The summed E-state index contributed by atoms with van der Waals surface area (Å²) >= 11 is 0. The SMILES string of the molecule is COc1cc(OC)c(OC)cc1/C=C1/CCCc2c1nc1ccc(C(=O)O)cn1c2=O. The Morgan fingerprint density at radius 2 is 1.77 bits per heavy atom. The number of aromatic nitrogens is 2. The van der Waals surface area contributed by atoms with Crippen molar-refractivity contribution in [2.45, 2.75) is 19.3 Å². The van der Waals surface area contributed by atoms with Gasteiger partial charge >= 0.3 is 5.97 Å². The molecule has 0 radical (unpaired) electrons. The van der Waals surface area contributed by atoms with Gasteiger partial charge in [-0.1, -0.05) is 0 Å². The molecule has 0 aliphatic heterocycles. The summed E-state index contributed by atoms with van der Waals surface area (Å²) in [7, 11) is 4.71. The Morgan fingerprint density at radius 1 is 1.06 bits per heavy atom. The number of benzene rings is 1. The van der Waals surface area contributed by atoms with Crippen molar-refractivity contribution in [3.63, 3.8) is 0 Å². The summed E-state index contributed by atoms with van der Waals surface area (Å²) in [5.41, 5.74) is 3.11. The molecule has 2 aromatic heterocycles. The number of aromatic carboxylic acids is 1. The summed E-state index contributed by atoms with van der Waals surface area (Å²) in [6.07, 6.45) is 5.40. The van der Waals surface area contributed by atoms with Crippen LogP contribution in [0.1, 0.15) is 40.0 Å². The van der Waals surface area contributed by atoms with E-state index in [1.807, 2.05) is 12.1 Å². The number of methoxy groups -OCH3 is 3. The normalized spacial score (nSPS) is 14.4. The predicted molar refractivity (Wildman–Crippen MR) is 115 cm³/mol. The van der Waals surface area contributed by atoms with E-state index in [4.69, 9.17) is 19.2 Å². The molecule has 8 heteroatoms. The second kappa shape index (κ2) is 8.14. The zero-order valence-corrected chi connectivity index (χ0v) is 17.5. The second-order valence-electron chi connectivity index (χ2n) is 7.17. The van der Waals surface area contributed by atoms with Gasteiger partial charge in [0.1, 0.15) is 11.4 Å². The fourth-order valence-electron chi connectivity index (χ4n) is 3.86. The van der Waals surface area contributed by atoms with E-state index in [0.717, 1.165) is 24.0 Å². The highest BCUT2D eigenvalue weighted by Gasteiger charge is 2.22. The molecular formula is C23H22N2O6. The lowest BCUT2D eigenvalue weighted by Crippen LogP contribution is -2.25. The molecule has 1 N–H and O–H groups in total. The fraction of sp³-hybridized carbons (Fsp3) is 0.261. The smallest absolute Gasteiger partial charge is 0.337 e. The van der Waals surface area contributed by atoms with Gasteiger partial charge < -0.3 is 19.3 Å². The molecule has 8 nitrogen and oxygen atoms in total. The quantitative estimate of drug-likeness (QED) is 0.673. The van der Waals surface area contributed by atoms with Crippen LogP contribution in [0, 0.1) is 0 Å². The van der Waals surface area contributed by atoms with Crippen LogP contribution in [-0.4, -0.2) is 41.8 Å². The monoisotopic (exact) mass is 422 g/mol. The van der Waals surface area contributed by atoms with Gasteiger partial charge in [-0.2, -0.15) is 0 Å². The van der Waals surface area contributed by atoms with E-state index in [0.29, 0.717) is 40.6 Å². The van der Waals surface area contributed by atoms with E-state index in [2.05, 4.69) is 0 Å². The van der Waals surface area contributed by atoms with Gasteiger partial charge in [0.2, 0.25) is 0 Å². The van der Waals surface area contributed by atoms with Crippen molar-refractivity contribution in [3.05, 3.63) is 63.2 Å². The highest BCUT2D eigenvalue weighted by Crippen LogP contribution is 2.38. The second-order valence-corrected chi connectivity index (χ2v) is 7.17. The van der Waals surface area contributed by atoms with Crippen LogP contribution < -0.4 is 19.8 Å². The number of rotatable bonds is 5. The molecule has 1 aromatic carbocycles. The Hall–Kier alpha value is -3.81. The molecular weight excluding hydrogens is 400 g/mol. The average Bonchev–Trinajstić information content (AvgIpc) is 2.79. The minimum Gasteiger partial charge on any atom is -0.496 e. The van der Waals surface area contributed by atoms with Crippen LogP contribution >= 0.6 is 0 Å².